The van der Waals surface area contributed by atoms with Crippen LogP contribution in [0.5, 0.6) is 5.75 Å². The lowest BCUT2D eigenvalue weighted by molar-refractivity contribution is -0.274. The molecular formula is C16H19F3N2O5. The summed E-state index contributed by atoms with van der Waals surface area (Å²) in [4.78, 5) is 35.3. The summed E-state index contributed by atoms with van der Waals surface area (Å²) >= 11 is 0. The highest BCUT2D eigenvalue weighted by Gasteiger charge is 2.31. The number of amides is 3. The zero-order valence-electron chi connectivity index (χ0n) is 14.6. The maximum absolute atomic E-state index is 12.1. The molecule has 0 spiro atoms. The van der Waals surface area contributed by atoms with E-state index in [-0.39, 0.29) is 5.56 Å². The number of ether oxygens (including phenoxy) is 2. The smallest absolute Gasteiger partial charge is 0.449 e. The third-order valence-corrected chi connectivity index (χ3v) is 2.70. The number of nitrogens with one attached hydrogen (secondary N) is 2. The second-order valence-corrected chi connectivity index (χ2v) is 6.31. The van der Waals surface area contributed by atoms with E-state index in [1.165, 1.54) is 6.92 Å². The van der Waals surface area contributed by atoms with Crippen molar-refractivity contribution < 1.29 is 37.0 Å². The molecule has 1 unspecified atom stereocenters. The highest BCUT2D eigenvalue weighted by molar-refractivity contribution is 5.98. The standard InChI is InChI=1S/C16H19F3N2O5/c1-9(12(22)20-14(24)21-15(2,3)4)25-13(23)10-5-7-11(8-6-10)26-16(17,18)19/h5-9H,1-4H3,(H2,20,21,22,24). The van der Waals surface area contributed by atoms with Gasteiger partial charge in [0.2, 0.25) is 0 Å². The van der Waals surface area contributed by atoms with Crippen LogP contribution in [0.4, 0.5) is 18.0 Å². The Hall–Kier alpha value is -2.78. The van der Waals surface area contributed by atoms with Crippen molar-refractivity contribution in [2.45, 2.75) is 45.7 Å². The van der Waals surface area contributed by atoms with Crippen LogP contribution in [0.15, 0.2) is 24.3 Å². The predicted octanol–water partition coefficient (Wildman–Crippen LogP) is 2.75. The number of halogens is 3. The zero-order valence-corrected chi connectivity index (χ0v) is 14.6. The molecule has 0 saturated carbocycles. The molecule has 0 heterocycles. The van der Waals surface area contributed by atoms with E-state index in [1.807, 2.05) is 5.32 Å². The molecule has 1 aromatic rings. The Morgan fingerprint density at radius 3 is 2.04 bits per heavy atom. The lowest BCUT2D eigenvalue weighted by Crippen LogP contribution is -2.50. The van der Waals surface area contributed by atoms with Crippen molar-refractivity contribution in [3.8, 4) is 5.75 Å². The van der Waals surface area contributed by atoms with Gasteiger partial charge in [0.25, 0.3) is 5.91 Å². The fraction of sp³-hybridized carbons (Fsp3) is 0.438. The van der Waals surface area contributed by atoms with Gasteiger partial charge in [-0.25, -0.2) is 9.59 Å². The number of carbonyl (C=O) groups excluding carboxylic acids is 3. The molecular weight excluding hydrogens is 357 g/mol. The average Bonchev–Trinajstić information content (AvgIpc) is 2.43. The van der Waals surface area contributed by atoms with Gasteiger partial charge >= 0.3 is 18.4 Å². The van der Waals surface area contributed by atoms with Crippen LogP contribution >= 0.6 is 0 Å². The first-order chi connectivity index (χ1) is 11.8. The van der Waals surface area contributed by atoms with Gasteiger partial charge in [0.1, 0.15) is 5.75 Å². The minimum atomic E-state index is -4.84. The summed E-state index contributed by atoms with van der Waals surface area (Å²) in [6.07, 6.45) is -6.14. The van der Waals surface area contributed by atoms with Crippen molar-refractivity contribution in [2.24, 2.45) is 0 Å². The summed E-state index contributed by atoms with van der Waals surface area (Å²) < 4.78 is 44.8. The minimum Gasteiger partial charge on any atom is -0.449 e. The number of urea groups is 1. The van der Waals surface area contributed by atoms with Gasteiger partial charge in [0, 0.05) is 5.54 Å². The van der Waals surface area contributed by atoms with Gasteiger partial charge in [-0.2, -0.15) is 0 Å². The van der Waals surface area contributed by atoms with Crippen molar-refractivity contribution in [3.05, 3.63) is 29.8 Å². The molecule has 0 aliphatic carbocycles. The topological polar surface area (TPSA) is 93.7 Å². The number of alkyl halides is 3. The van der Waals surface area contributed by atoms with Gasteiger partial charge in [-0.15, -0.1) is 13.2 Å². The molecule has 1 aromatic carbocycles. The second kappa shape index (κ2) is 8.07. The van der Waals surface area contributed by atoms with E-state index in [0.29, 0.717) is 0 Å². The fourth-order valence-electron chi connectivity index (χ4n) is 1.66. The van der Waals surface area contributed by atoms with Crippen LogP contribution in [0.2, 0.25) is 0 Å². The number of hydrogen-bond acceptors (Lipinski definition) is 5. The molecule has 144 valence electrons. The van der Waals surface area contributed by atoms with Crippen LogP contribution in [0.3, 0.4) is 0 Å². The van der Waals surface area contributed by atoms with Crippen LogP contribution in [0.25, 0.3) is 0 Å². The monoisotopic (exact) mass is 376 g/mol. The molecule has 1 rings (SSSR count). The Balaban J connectivity index is 2.61. The third kappa shape index (κ3) is 7.86. The summed E-state index contributed by atoms with van der Waals surface area (Å²) in [5, 5.41) is 4.51. The Morgan fingerprint density at radius 1 is 1.04 bits per heavy atom. The predicted molar refractivity (Wildman–Crippen MR) is 84.4 cm³/mol. The van der Waals surface area contributed by atoms with Crippen molar-refractivity contribution in [1.29, 1.82) is 0 Å². The van der Waals surface area contributed by atoms with Gasteiger partial charge < -0.3 is 14.8 Å². The summed E-state index contributed by atoms with van der Waals surface area (Å²) in [5.74, 6) is -2.29. The number of benzene rings is 1. The molecule has 0 bridgehead atoms. The molecule has 7 nitrogen and oxygen atoms in total. The van der Waals surface area contributed by atoms with Crippen molar-refractivity contribution in [3.63, 3.8) is 0 Å². The van der Waals surface area contributed by atoms with E-state index in [0.717, 1.165) is 24.3 Å². The van der Waals surface area contributed by atoms with E-state index in [1.54, 1.807) is 20.8 Å². The van der Waals surface area contributed by atoms with E-state index in [2.05, 4.69) is 10.1 Å². The lowest BCUT2D eigenvalue weighted by Gasteiger charge is -2.21. The summed E-state index contributed by atoms with van der Waals surface area (Å²) in [7, 11) is 0. The highest BCUT2D eigenvalue weighted by atomic mass is 19.4. The maximum atomic E-state index is 12.1. The van der Waals surface area contributed by atoms with Crippen LogP contribution in [-0.4, -0.2) is 35.9 Å². The number of imide groups is 1. The Labute approximate surface area is 147 Å². The van der Waals surface area contributed by atoms with Crippen molar-refractivity contribution in [1.82, 2.24) is 10.6 Å². The molecule has 0 aliphatic heterocycles. The third-order valence-electron chi connectivity index (χ3n) is 2.70. The van der Waals surface area contributed by atoms with Gasteiger partial charge in [-0.05, 0) is 52.0 Å². The first-order valence-corrected chi connectivity index (χ1v) is 7.46. The van der Waals surface area contributed by atoms with Gasteiger partial charge in [0.15, 0.2) is 6.10 Å². The minimum absolute atomic E-state index is 0.0849. The highest BCUT2D eigenvalue weighted by Crippen LogP contribution is 2.23. The Bertz CT molecular complexity index is 666. The summed E-state index contributed by atoms with van der Waals surface area (Å²) in [5.41, 5.74) is -0.650. The van der Waals surface area contributed by atoms with E-state index in [4.69, 9.17) is 4.74 Å². The summed E-state index contributed by atoms with van der Waals surface area (Å²) in [6.45, 7) is 6.39. The molecule has 0 fully saturated rings. The largest absolute Gasteiger partial charge is 0.573 e. The fourth-order valence-corrected chi connectivity index (χ4v) is 1.66. The van der Waals surface area contributed by atoms with Crippen LogP contribution in [0, 0.1) is 0 Å². The van der Waals surface area contributed by atoms with Gasteiger partial charge in [-0.3, -0.25) is 10.1 Å². The first-order valence-electron chi connectivity index (χ1n) is 7.46. The Kier molecular flexibility index (Phi) is 6.60. The zero-order chi connectivity index (χ0) is 20.1. The quantitative estimate of drug-likeness (QED) is 0.788. The lowest BCUT2D eigenvalue weighted by atomic mass is 10.1. The molecule has 26 heavy (non-hydrogen) atoms. The van der Waals surface area contributed by atoms with Crippen LogP contribution in [-0.2, 0) is 9.53 Å². The molecule has 0 aromatic heterocycles. The van der Waals surface area contributed by atoms with Crippen molar-refractivity contribution in [2.75, 3.05) is 0 Å². The van der Waals surface area contributed by atoms with Gasteiger partial charge in [-0.1, -0.05) is 0 Å². The number of rotatable bonds is 4. The van der Waals surface area contributed by atoms with E-state index in [9.17, 15) is 27.6 Å². The average molecular weight is 376 g/mol. The normalized spacial score (nSPS) is 12.7. The molecule has 2 N–H and O–H groups in total. The van der Waals surface area contributed by atoms with Gasteiger partial charge in [0.05, 0.1) is 5.56 Å². The SMILES string of the molecule is CC(OC(=O)c1ccc(OC(F)(F)F)cc1)C(=O)NC(=O)NC(C)(C)C. The molecule has 0 radical (unpaired) electrons. The number of esters is 1. The van der Waals surface area contributed by atoms with E-state index < -0.39 is 41.7 Å². The van der Waals surface area contributed by atoms with Crippen LogP contribution in [0.1, 0.15) is 38.1 Å². The number of hydrogen-bond donors (Lipinski definition) is 2. The number of carbonyl (C=O) groups is 3. The molecule has 1 atom stereocenters. The molecule has 10 heteroatoms. The molecule has 3 amide bonds. The maximum Gasteiger partial charge on any atom is 0.573 e. The first kappa shape index (κ1) is 21.3. The summed E-state index contributed by atoms with van der Waals surface area (Å²) in [6, 6.07) is 3.23. The van der Waals surface area contributed by atoms with Crippen LogP contribution < -0.4 is 15.4 Å². The second-order valence-electron chi connectivity index (χ2n) is 6.31. The van der Waals surface area contributed by atoms with Crippen molar-refractivity contribution >= 4 is 17.9 Å². The molecule has 0 saturated heterocycles. The Morgan fingerprint density at radius 2 is 1.58 bits per heavy atom. The molecule has 0 aliphatic rings. The van der Waals surface area contributed by atoms with E-state index >= 15 is 0 Å².